The van der Waals surface area contributed by atoms with Crippen LogP contribution in [0.5, 0.6) is 23.0 Å². The van der Waals surface area contributed by atoms with Gasteiger partial charge in [0, 0.05) is 24.0 Å². The number of halogens is 2. The Labute approximate surface area is 571 Å². The molecule has 4 saturated carbocycles. The Morgan fingerprint density at radius 1 is 0.344 bits per heavy atom. The van der Waals surface area contributed by atoms with Gasteiger partial charge in [-0.2, -0.15) is 0 Å². The van der Waals surface area contributed by atoms with Crippen LogP contribution in [0.4, 0.5) is 8.78 Å². The van der Waals surface area contributed by atoms with Crippen molar-refractivity contribution in [2.45, 2.75) is 231 Å². The van der Waals surface area contributed by atoms with Gasteiger partial charge in [-0.1, -0.05) is 176 Å². The monoisotopic (exact) mass is 1290 g/mol. The molecule has 0 heterocycles. The Balaban J connectivity index is 0.825. The second-order valence-electron chi connectivity index (χ2n) is 29.3. The summed E-state index contributed by atoms with van der Waals surface area (Å²) in [5.74, 6) is 4.45. The maximum Gasteiger partial charge on any atom is 0.311 e. The molecule has 4 aliphatic carbocycles. The molecule has 4 fully saturated rings. The minimum Gasteiger partial charge on any atom is -0.491 e. The molecule has 96 heavy (non-hydrogen) atoms. The highest BCUT2D eigenvalue weighted by atomic mass is 19.1. The molecule has 0 atom stereocenters. The van der Waals surface area contributed by atoms with Gasteiger partial charge in [-0.25, -0.2) is 8.78 Å². The highest BCUT2D eigenvalue weighted by Crippen LogP contribution is 2.49. The highest BCUT2D eigenvalue weighted by Gasteiger charge is 2.29. The average molecular weight is 1300 g/mol. The van der Waals surface area contributed by atoms with E-state index >= 15 is 8.78 Å². The number of esters is 2. The van der Waals surface area contributed by atoms with Gasteiger partial charge >= 0.3 is 11.9 Å². The summed E-state index contributed by atoms with van der Waals surface area (Å²) in [6.07, 6.45) is 30.0. The number of fused-ring (bicyclic) bond motifs is 2. The van der Waals surface area contributed by atoms with Gasteiger partial charge in [0.2, 0.25) is 0 Å². The first-order chi connectivity index (χ1) is 47.0. The third-order valence-corrected chi connectivity index (χ3v) is 22.7. The molecule has 0 aliphatic heterocycles. The van der Waals surface area contributed by atoms with E-state index in [4.69, 9.17) is 18.9 Å². The van der Waals surface area contributed by atoms with Gasteiger partial charge in [-0.3, -0.25) is 9.59 Å². The number of carbonyl (C=O) groups excluding carboxylic acids is 2. The van der Waals surface area contributed by atoms with Gasteiger partial charge in [0.25, 0.3) is 0 Å². The molecule has 8 heteroatoms. The summed E-state index contributed by atoms with van der Waals surface area (Å²) in [5.41, 5.74) is 10.5. The molecule has 12 rings (SSSR count). The maximum atomic E-state index is 15.7. The minimum atomic E-state index is -0.469. The van der Waals surface area contributed by atoms with Crippen molar-refractivity contribution in [3.05, 3.63) is 179 Å². The number of rotatable bonds is 27. The van der Waals surface area contributed by atoms with Gasteiger partial charge in [0.1, 0.15) is 11.5 Å². The van der Waals surface area contributed by atoms with Crippen molar-refractivity contribution in [3.8, 4) is 56.4 Å². The zero-order chi connectivity index (χ0) is 66.3. The van der Waals surface area contributed by atoms with E-state index < -0.39 is 11.9 Å². The molecule has 0 amide bonds. The van der Waals surface area contributed by atoms with Crippen molar-refractivity contribution in [2.24, 2.45) is 23.7 Å². The summed E-state index contributed by atoms with van der Waals surface area (Å²) in [4.78, 5) is 28.7. The number of hydrogen-bond acceptors (Lipinski definition) is 6. The van der Waals surface area contributed by atoms with Gasteiger partial charge in [0.15, 0.2) is 23.1 Å². The Morgan fingerprint density at radius 2 is 0.646 bits per heavy atom. The number of carbonyl (C=O) groups is 2. The van der Waals surface area contributed by atoms with Crippen molar-refractivity contribution in [2.75, 3.05) is 13.2 Å². The van der Waals surface area contributed by atoms with Crippen LogP contribution >= 0.6 is 0 Å². The van der Waals surface area contributed by atoms with Gasteiger partial charge in [-0.15, -0.1) is 0 Å². The average Bonchev–Trinajstić information content (AvgIpc) is 0.745. The summed E-state index contributed by atoms with van der Waals surface area (Å²) in [7, 11) is 0. The smallest absolute Gasteiger partial charge is 0.311 e. The molecule has 0 radical (unpaired) electrons. The van der Waals surface area contributed by atoms with Crippen LogP contribution in [0.3, 0.4) is 0 Å². The fourth-order valence-electron chi connectivity index (χ4n) is 17.3. The molecule has 8 aromatic rings. The lowest BCUT2D eigenvalue weighted by atomic mass is 9.77. The number of benzene rings is 8. The van der Waals surface area contributed by atoms with Crippen LogP contribution in [0, 0.1) is 35.3 Å². The predicted molar refractivity (Wildman–Crippen MR) is 390 cm³/mol. The van der Waals surface area contributed by atoms with E-state index in [9.17, 15) is 9.59 Å². The largest absolute Gasteiger partial charge is 0.491 e. The Hall–Kier alpha value is -7.32. The molecule has 0 spiro atoms. The molecule has 8 aromatic carbocycles. The molecule has 0 saturated heterocycles. The summed E-state index contributed by atoms with van der Waals surface area (Å²) < 4.78 is 56.3. The van der Waals surface area contributed by atoms with Crippen molar-refractivity contribution >= 4 is 33.5 Å². The quantitative estimate of drug-likeness (QED) is 0.0290. The molecule has 0 N–H and O–H groups in total. The molecule has 0 bridgehead atoms. The van der Waals surface area contributed by atoms with E-state index in [1.807, 2.05) is 36.4 Å². The number of hydrogen-bond donors (Lipinski definition) is 0. The SMILES string of the molecule is CCCC1CCC(c2ccc(-c3ccc4c(-c5c(OC(=O)CCCOc6ccc(C7CCC(CCC)CC7)cc6F)ccc6cc(-c7ccc(C8CCC(CCC)CC8)cc7)ccc56)c(OC(=O)CCCOc5ccc(C6CCC(CCC)CC6)cc5F)ccc4c3)cc2)CC1. The van der Waals surface area contributed by atoms with Crippen LogP contribution in [0.25, 0.3) is 54.9 Å². The van der Waals surface area contributed by atoms with E-state index in [0.29, 0.717) is 59.1 Å². The zero-order valence-corrected chi connectivity index (χ0v) is 57.9. The normalized spacial score (nSPS) is 21.4. The lowest BCUT2D eigenvalue weighted by molar-refractivity contribution is -0.135. The fraction of sp³-hybridized carbons (Fsp3) is 0.477. The van der Waals surface area contributed by atoms with Crippen LogP contribution in [-0.4, -0.2) is 25.2 Å². The molecule has 4 aliphatic rings. The van der Waals surface area contributed by atoms with Gasteiger partial charge < -0.3 is 18.9 Å². The standard InChI is InChI=1S/C88H104F2O6/c1-5-11-59-17-25-63(26-18-59)65-33-37-69(38-34-65)71-41-47-77-75(55-71)45-51-83(95-85(91)15-9-53-93-81-49-43-73(57-79(81)89)67-29-21-61(13-7-3)22-30-67)87(77)88-78-48-42-72(70-39-35-66(36-40-70)64-27-19-60(12-6-2)20-28-64)56-76(78)46-52-84(88)96-86(92)16-10-54-94-82-50-44-74(58-80(82)90)68-31-23-62(14-8-4)24-32-68/h33-52,55-64,67-68H,5-32,53-54H2,1-4H3. The highest BCUT2D eigenvalue weighted by molar-refractivity contribution is 6.11. The van der Waals surface area contributed by atoms with Crippen LogP contribution in [0.2, 0.25) is 0 Å². The predicted octanol–water partition coefficient (Wildman–Crippen LogP) is 25.1. The van der Waals surface area contributed by atoms with Crippen LogP contribution in [-0.2, 0) is 9.59 Å². The van der Waals surface area contributed by atoms with Crippen LogP contribution in [0.15, 0.2) is 146 Å². The Bertz CT molecular complexity index is 3600. The third-order valence-electron chi connectivity index (χ3n) is 22.7. The zero-order valence-electron chi connectivity index (χ0n) is 57.9. The van der Waals surface area contributed by atoms with Gasteiger partial charge in [0.05, 0.1) is 13.2 Å². The number of ether oxygens (including phenoxy) is 4. The third kappa shape index (κ3) is 17.1. The van der Waals surface area contributed by atoms with Crippen LogP contribution in [0.1, 0.15) is 253 Å². The summed E-state index contributed by atoms with van der Waals surface area (Å²) in [6, 6.07) is 49.6. The van der Waals surface area contributed by atoms with E-state index in [1.54, 1.807) is 24.3 Å². The molecule has 6 nitrogen and oxygen atoms in total. The fourth-order valence-corrected chi connectivity index (χ4v) is 17.3. The summed E-state index contributed by atoms with van der Waals surface area (Å²) >= 11 is 0. The molecule has 0 aromatic heterocycles. The first-order valence-electron chi connectivity index (χ1n) is 37.6. The van der Waals surface area contributed by atoms with Crippen molar-refractivity contribution in [1.82, 2.24) is 0 Å². The van der Waals surface area contributed by atoms with Gasteiger partial charge in [-0.05, 0) is 278 Å². The lowest BCUT2D eigenvalue weighted by Crippen LogP contribution is -2.13. The van der Waals surface area contributed by atoms with E-state index in [1.165, 1.54) is 140 Å². The second-order valence-corrected chi connectivity index (χ2v) is 29.3. The van der Waals surface area contributed by atoms with E-state index in [2.05, 4.69) is 113 Å². The summed E-state index contributed by atoms with van der Waals surface area (Å²) in [5, 5.41) is 3.49. The first kappa shape index (κ1) is 68.6. The topological polar surface area (TPSA) is 71.1 Å². The maximum absolute atomic E-state index is 15.7. The molecular weight excluding hydrogens is 1190 g/mol. The summed E-state index contributed by atoms with van der Waals surface area (Å²) in [6.45, 7) is 9.34. The van der Waals surface area contributed by atoms with Crippen molar-refractivity contribution in [3.63, 3.8) is 0 Å². The Morgan fingerprint density at radius 3 is 0.969 bits per heavy atom. The van der Waals surface area contributed by atoms with E-state index in [-0.39, 0.29) is 49.2 Å². The molecule has 0 unspecified atom stereocenters. The van der Waals surface area contributed by atoms with Crippen LogP contribution < -0.4 is 18.9 Å². The first-order valence-corrected chi connectivity index (χ1v) is 37.6. The molecular formula is C88H104F2O6. The molecule has 506 valence electrons. The van der Waals surface area contributed by atoms with Crippen molar-refractivity contribution < 1.29 is 37.3 Å². The lowest BCUT2D eigenvalue weighted by Gasteiger charge is -2.28. The minimum absolute atomic E-state index is 0.0169. The Kier molecular flexibility index (Phi) is 23.8. The second kappa shape index (κ2) is 33.3. The van der Waals surface area contributed by atoms with Crippen molar-refractivity contribution in [1.29, 1.82) is 0 Å². The van der Waals surface area contributed by atoms with E-state index in [0.717, 1.165) is 104 Å².